The van der Waals surface area contributed by atoms with E-state index < -0.39 is 0 Å². The van der Waals surface area contributed by atoms with Gasteiger partial charge in [0.2, 0.25) is 0 Å². The molecule has 116 valence electrons. The fourth-order valence-electron chi connectivity index (χ4n) is 2.74. The Balaban J connectivity index is 1.98. The van der Waals surface area contributed by atoms with Crippen molar-refractivity contribution in [3.05, 3.63) is 77.4 Å². The lowest BCUT2D eigenvalue weighted by Gasteiger charge is -2.25. The molecule has 0 N–H and O–H groups in total. The fourth-order valence-corrected chi connectivity index (χ4v) is 2.74. The van der Waals surface area contributed by atoms with Gasteiger partial charge in [-0.05, 0) is 49.1 Å². The van der Waals surface area contributed by atoms with Crippen molar-refractivity contribution in [1.82, 2.24) is 4.90 Å². The third kappa shape index (κ3) is 4.08. The maximum atomic E-state index is 3.90. The van der Waals surface area contributed by atoms with E-state index in [2.05, 4.69) is 80.9 Å². The van der Waals surface area contributed by atoms with Gasteiger partial charge in [-0.15, -0.1) is 0 Å². The van der Waals surface area contributed by atoms with Crippen molar-refractivity contribution in [3.8, 4) is 0 Å². The molecule has 22 heavy (non-hydrogen) atoms. The van der Waals surface area contributed by atoms with E-state index in [4.69, 9.17) is 0 Å². The molecule has 0 amide bonds. The highest BCUT2D eigenvalue weighted by Gasteiger charge is 2.11. The third-order valence-electron chi connectivity index (χ3n) is 4.54. The van der Waals surface area contributed by atoms with Crippen molar-refractivity contribution in [1.29, 1.82) is 0 Å². The van der Waals surface area contributed by atoms with Gasteiger partial charge in [-0.1, -0.05) is 68.1 Å². The maximum Gasteiger partial charge on any atom is 0.0316 e. The van der Waals surface area contributed by atoms with Crippen LogP contribution >= 0.6 is 0 Å². The summed E-state index contributed by atoms with van der Waals surface area (Å²) in [5, 5.41) is 0. The molecule has 0 aliphatic carbocycles. The first-order valence-electron chi connectivity index (χ1n) is 8.15. The molecular weight excluding hydrogens is 266 g/mol. The van der Waals surface area contributed by atoms with Gasteiger partial charge in [0, 0.05) is 12.6 Å². The monoisotopic (exact) mass is 293 g/mol. The zero-order chi connectivity index (χ0) is 15.9. The number of nitrogens with zero attached hydrogens (tertiary/aromatic N) is 1. The van der Waals surface area contributed by atoms with Gasteiger partial charge in [-0.3, -0.25) is 4.90 Å². The SMILES string of the molecule is C=Cc1ccccc1CCN(C)C(C)c1ccc(CC)cc1. The first-order valence-corrected chi connectivity index (χ1v) is 8.15. The minimum Gasteiger partial charge on any atom is -0.299 e. The summed E-state index contributed by atoms with van der Waals surface area (Å²) in [5.41, 5.74) is 5.41. The second kappa shape index (κ2) is 7.95. The van der Waals surface area contributed by atoms with E-state index in [0.717, 1.165) is 19.4 Å². The van der Waals surface area contributed by atoms with Gasteiger partial charge < -0.3 is 0 Å². The zero-order valence-corrected chi connectivity index (χ0v) is 14.0. The van der Waals surface area contributed by atoms with Crippen LogP contribution in [0.4, 0.5) is 0 Å². The van der Waals surface area contributed by atoms with Crippen molar-refractivity contribution >= 4 is 6.08 Å². The van der Waals surface area contributed by atoms with Crippen molar-refractivity contribution in [2.75, 3.05) is 13.6 Å². The summed E-state index contributed by atoms with van der Waals surface area (Å²) in [7, 11) is 2.20. The summed E-state index contributed by atoms with van der Waals surface area (Å²) in [6.07, 6.45) is 4.10. The molecule has 0 radical (unpaired) electrons. The van der Waals surface area contributed by atoms with E-state index >= 15 is 0 Å². The molecule has 0 aliphatic heterocycles. The number of rotatable bonds is 7. The van der Waals surface area contributed by atoms with E-state index in [9.17, 15) is 0 Å². The van der Waals surface area contributed by atoms with Gasteiger partial charge in [0.15, 0.2) is 0 Å². The Hall–Kier alpha value is -1.86. The smallest absolute Gasteiger partial charge is 0.0316 e. The topological polar surface area (TPSA) is 3.24 Å². The molecule has 2 aromatic carbocycles. The van der Waals surface area contributed by atoms with Gasteiger partial charge in [0.05, 0.1) is 0 Å². The van der Waals surface area contributed by atoms with Crippen LogP contribution in [0.2, 0.25) is 0 Å². The number of likely N-dealkylation sites (N-methyl/N-ethyl adjacent to an activating group) is 1. The van der Waals surface area contributed by atoms with Gasteiger partial charge in [-0.25, -0.2) is 0 Å². The van der Waals surface area contributed by atoms with Crippen molar-refractivity contribution in [2.45, 2.75) is 32.7 Å². The minimum atomic E-state index is 0.432. The quantitative estimate of drug-likeness (QED) is 0.684. The third-order valence-corrected chi connectivity index (χ3v) is 4.54. The summed E-state index contributed by atoms with van der Waals surface area (Å²) >= 11 is 0. The van der Waals surface area contributed by atoms with E-state index in [0.29, 0.717) is 6.04 Å². The maximum absolute atomic E-state index is 3.90. The minimum absolute atomic E-state index is 0.432. The van der Waals surface area contributed by atoms with E-state index in [1.54, 1.807) is 0 Å². The normalized spacial score (nSPS) is 12.4. The summed E-state index contributed by atoms with van der Waals surface area (Å²) in [5.74, 6) is 0. The van der Waals surface area contributed by atoms with Crippen LogP contribution in [0.25, 0.3) is 6.08 Å². The largest absolute Gasteiger partial charge is 0.299 e. The van der Waals surface area contributed by atoms with Crippen molar-refractivity contribution < 1.29 is 0 Å². The summed E-state index contributed by atoms with van der Waals surface area (Å²) in [6, 6.07) is 18.0. The highest BCUT2D eigenvalue weighted by molar-refractivity contribution is 5.51. The van der Waals surface area contributed by atoms with Crippen LogP contribution in [0.15, 0.2) is 55.1 Å². The average molecular weight is 293 g/mol. The van der Waals surface area contributed by atoms with Crippen LogP contribution in [0.5, 0.6) is 0 Å². The zero-order valence-electron chi connectivity index (χ0n) is 14.0. The fraction of sp³-hybridized carbons (Fsp3) is 0.333. The predicted octanol–water partition coefficient (Wildman–Crippen LogP) is 5.13. The molecule has 2 rings (SSSR count). The van der Waals surface area contributed by atoms with E-state index in [1.807, 2.05) is 6.08 Å². The molecule has 0 saturated carbocycles. The Kier molecular flexibility index (Phi) is 5.97. The number of hydrogen-bond acceptors (Lipinski definition) is 1. The molecule has 1 atom stereocenters. The Labute approximate surface area is 135 Å². The van der Waals surface area contributed by atoms with Gasteiger partial charge >= 0.3 is 0 Å². The number of benzene rings is 2. The number of hydrogen-bond donors (Lipinski definition) is 0. The standard InChI is InChI=1S/C21H27N/c1-5-18-11-13-20(14-12-18)17(3)22(4)16-15-21-10-8-7-9-19(21)6-2/h6-14,17H,2,5,15-16H2,1,3-4H3. The second-order valence-electron chi connectivity index (χ2n) is 5.90. The molecular formula is C21H27N. The highest BCUT2D eigenvalue weighted by Crippen LogP contribution is 2.20. The van der Waals surface area contributed by atoms with Crippen LogP contribution in [0, 0.1) is 0 Å². The molecule has 0 bridgehead atoms. The molecule has 1 unspecified atom stereocenters. The van der Waals surface area contributed by atoms with Gasteiger partial charge in [-0.2, -0.15) is 0 Å². The molecule has 0 aromatic heterocycles. The molecule has 0 spiro atoms. The lowest BCUT2D eigenvalue weighted by atomic mass is 10.0. The number of aryl methyl sites for hydroxylation is 1. The molecule has 0 saturated heterocycles. The van der Waals surface area contributed by atoms with Crippen molar-refractivity contribution in [2.24, 2.45) is 0 Å². The lowest BCUT2D eigenvalue weighted by molar-refractivity contribution is 0.265. The van der Waals surface area contributed by atoms with Crippen LogP contribution in [0.3, 0.4) is 0 Å². The van der Waals surface area contributed by atoms with Crippen LogP contribution in [-0.4, -0.2) is 18.5 Å². The summed E-state index contributed by atoms with van der Waals surface area (Å²) < 4.78 is 0. The van der Waals surface area contributed by atoms with Gasteiger partial charge in [0.25, 0.3) is 0 Å². The molecule has 2 aromatic rings. The Bertz CT molecular complexity index is 598. The second-order valence-corrected chi connectivity index (χ2v) is 5.90. The Morgan fingerprint density at radius 3 is 2.41 bits per heavy atom. The first kappa shape index (κ1) is 16.5. The Morgan fingerprint density at radius 2 is 1.77 bits per heavy atom. The molecule has 1 heteroatoms. The molecule has 0 heterocycles. The first-order chi connectivity index (χ1) is 10.7. The summed E-state index contributed by atoms with van der Waals surface area (Å²) in [4.78, 5) is 2.42. The van der Waals surface area contributed by atoms with E-state index in [1.165, 1.54) is 22.3 Å². The van der Waals surface area contributed by atoms with E-state index in [-0.39, 0.29) is 0 Å². The van der Waals surface area contributed by atoms with Crippen LogP contribution < -0.4 is 0 Å². The molecule has 0 fully saturated rings. The predicted molar refractivity (Wildman–Crippen MR) is 97.1 cm³/mol. The lowest BCUT2D eigenvalue weighted by Crippen LogP contribution is -2.25. The van der Waals surface area contributed by atoms with Crippen LogP contribution in [-0.2, 0) is 12.8 Å². The van der Waals surface area contributed by atoms with Crippen LogP contribution in [0.1, 0.15) is 42.1 Å². The van der Waals surface area contributed by atoms with Gasteiger partial charge in [0.1, 0.15) is 0 Å². The molecule has 0 aliphatic rings. The van der Waals surface area contributed by atoms with Crippen molar-refractivity contribution in [3.63, 3.8) is 0 Å². The average Bonchev–Trinajstić information content (AvgIpc) is 2.59. The highest BCUT2D eigenvalue weighted by atomic mass is 15.1. The summed E-state index contributed by atoms with van der Waals surface area (Å²) in [6.45, 7) is 9.42. The molecule has 1 nitrogen and oxygen atoms in total. The Morgan fingerprint density at radius 1 is 1.09 bits per heavy atom.